The first-order chi connectivity index (χ1) is 16.7. The van der Waals surface area contributed by atoms with Crippen LogP contribution in [-0.4, -0.2) is 34.8 Å². The van der Waals surface area contributed by atoms with Gasteiger partial charge in [0.05, 0.1) is 37.4 Å². The van der Waals surface area contributed by atoms with Gasteiger partial charge in [0.1, 0.15) is 5.75 Å². The summed E-state index contributed by atoms with van der Waals surface area (Å²) in [6, 6.07) is 8.17. The molecule has 0 aliphatic carbocycles. The van der Waals surface area contributed by atoms with Gasteiger partial charge >= 0.3 is 0 Å². The van der Waals surface area contributed by atoms with E-state index < -0.39 is 0 Å². The third-order valence-electron chi connectivity index (χ3n) is 5.43. The molecule has 34 heavy (non-hydrogen) atoms. The molecule has 3 rings (SSSR count). The molecule has 182 valence electrons. The second-order valence-electron chi connectivity index (χ2n) is 8.35. The molecule has 0 spiro atoms. The molecule has 0 aliphatic heterocycles. The molecule has 0 aliphatic rings. The standard InChI is InChI=1S/C28H37N3O3/c1-5-8-14-34-25-16-26(21(4)30-18-25)28-24(20-33-13-7-3)15-23(17-31-28)27-22(10-9-11-29-27)19-32-12-6-2/h9-11,15-18H,5-8,12-14,19-20H2,1-4H3. The lowest BCUT2D eigenvalue weighted by Crippen LogP contribution is -2.04. The van der Waals surface area contributed by atoms with Crippen LogP contribution < -0.4 is 4.74 Å². The molecule has 3 heterocycles. The topological polar surface area (TPSA) is 66.4 Å². The zero-order valence-corrected chi connectivity index (χ0v) is 21.0. The molecular weight excluding hydrogens is 426 g/mol. The Labute approximate surface area is 203 Å². The Kier molecular flexibility index (Phi) is 10.4. The van der Waals surface area contributed by atoms with Gasteiger partial charge in [-0.2, -0.15) is 0 Å². The van der Waals surface area contributed by atoms with Crippen LogP contribution in [0.2, 0.25) is 0 Å². The Morgan fingerprint density at radius 3 is 2.26 bits per heavy atom. The highest BCUT2D eigenvalue weighted by molar-refractivity contribution is 5.71. The fourth-order valence-corrected chi connectivity index (χ4v) is 3.63. The molecule has 0 amide bonds. The average Bonchev–Trinajstić information content (AvgIpc) is 2.86. The number of ether oxygens (including phenoxy) is 3. The van der Waals surface area contributed by atoms with E-state index in [-0.39, 0.29) is 0 Å². The monoisotopic (exact) mass is 463 g/mol. The second kappa shape index (κ2) is 13.8. The predicted octanol–water partition coefficient (Wildman–Crippen LogP) is 6.55. The number of pyridine rings is 3. The maximum atomic E-state index is 5.94. The number of nitrogens with zero attached hydrogens (tertiary/aromatic N) is 3. The van der Waals surface area contributed by atoms with Gasteiger partial charge < -0.3 is 14.2 Å². The molecule has 6 heteroatoms. The highest BCUT2D eigenvalue weighted by Gasteiger charge is 2.16. The first-order valence-electron chi connectivity index (χ1n) is 12.4. The van der Waals surface area contributed by atoms with Crippen LogP contribution in [0.5, 0.6) is 5.75 Å². The van der Waals surface area contributed by atoms with E-state index in [0.29, 0.717) is 26.4 Å². The van der Waals surface area contributed by atoms with Crippen molar-refractivity contribution < 1.29 is 14.2 Å². The molecule has 0 saturated carbocycles. The molecule has 0 unspecified atom stereocenters. The smallest absolute Gasteiger partial charge is 0.138 e. The van der Waals surface area contributed by atoms with Gasteiger partial charge in [-0.15, -0.1) is 0 Å². The van der Waals surface area contributed by atoms with Crippen molar-refractivity contribution in [3.63, 3.8) is 0 Å². The van der Waals surface area contributed by atoms with Crippen molar-refractivity contribution in [2.24, 2.45) is 0 Å². The summed E-state index contributed by atoms with van der Waals surface area (Å²) in [5, 5.41) is 0. The zero-order valence-electron chi connectivity index (χ0n) is 21.0. The minimum atomic E-state index is 0.471. The van der Waals surface area contributed by atoms with Gasteiger partial charge in [-0.25, -0.2) is 0 Å². The van der Waals surface area contributed by atoms with Gasteiger partial charge in [0.2, 0.25) is 0 Å². The van der Waals surface area contributed by atoms with Gasteiger partial charge in [-0.3, -0.25) is 15.0 Å². The van der Waals surface area contributed by atoms with Crippen molar-refractivity contribution in [1.82, 2.24) is 15.0 Å². The predicted molar refractivity (Wildman–Crippen MR) is 136 cm³/mol. The lowest BCUT2D eigenvalue weighted by atomic mass is 10.0. The molecule has 3 aromatic rings. The summed E-state index contributed by atoms with van der Waals surface area (Å²) >= 11 is 0. The molecule has 0 fully saturated rings. The van der Waals surface area contributed by atoms with Gasteiger partial charge in [0, 0.05) is 53.6 Å². The quantitative estimate of drug-likeness (QED) is 0.253. The van der Waals surface area contributed by atoms with E-state index in [1.807, 2.05) is 31.5 Å². The molecule has 0 radical (unpaired) electrons. The largest absolute Gasteiger partial charge is 0.492 e. The van der Waals surface area contributed by atoms with E-state index in [2.05, 4.69) is 42.9 Å². The molecule has 0 aromatic carbocycles. The van der Waals surface area contributed by atoms with E-state index >= 15 is 0 Å². The van der Waals surface area contributed by atoms with Crippen LogP contribution >= 0.6 is 0 Å². The number of unbranched alkanes of at least 4 members (excludes halogenated alkanes) is 1. The van der Waals surface area contributed by atoms with Gasteiger partial charge in [0.25, 0.3) is 0 Å². The lowest BCUT2D eigenvalue weighted by molar-refractivity contribution is 0.121. The highest BCUT2D eigenvalue weighted by Crippen LogP contribution is 2.31. The maximum absolute atomic E-state index is 5.94. The van der Waals surface area contributed by atoms with Crippen LogP contribution in [0.15, 0.2) is 42.9 Å². The summed E-state index contributed by atoms with van der Waals surface area (Å²) in [5.74, 6) is 0.764. The fourth-order valence-electron chi connectivity index (χ4n) is 3.63. The third kappa shape index (κ3) is 7.08. The van der Waals surface area contributed by atoms with Crippen LogP contribution in [0.1, 0.15) is 63.3 Å². The SMILES string of the molecule is CCCCOc1cnc(C)c(-c2ncc(-c3ncccc3COCCC)cc2COCCC)c1. The number of rotatable bonds is 14. The van der Waals surface area contributed by atoms with Gasteiger partial charge in [-0.1, -0.05) is 33.3 Å². The molecule has 0 saturated heterocycles. The van der Waals surface area contributed by atoms with Crippen molar-refractivity contribution in [3.8, 4) is 28.3 Å². The Morgan fingerprint density at radius 2 is 1.53 bits per heavy atom. The van der Waals surface area contributed by atoms with Crippen molar-refractivity contribution in [1.29, 1.82) is 0 Å². The third-order valence-corrected chi connectivity index (χ3v) is 5.43. The van der Waals surface area contributed by atoms with Crippen molar-refractivity contribution in [2.45, 2.75) is 66.6 Å². The van der Waals surface area contributed by atoms with E-state index in [1.54, 1.807) is 6.20 Å². The maximum Gasteiger partial charge on any atom is 0.138 e. The summed E-state index contributed by atoms with van der Waals surface area (Å²) in [6.45, 7) is 11.5. The fraction of sp³-hybridized carbons (Fsp3) is 0.464. The Hall–Kier alpha value is -2.83. The van der Waals surface area contributed by atoms with Crippen molar-refractivity contribution in [3.05, 3.63) is 59.7 Å². The highest BCUT2D eigenvalue weighted by atomic mass is 16.5. The number of hydrogen-bond donors (Lipinski definition) is 0. The molecule has 3 aromatic heterocycles. The lowest BCUT2D eigenvalue weighted by Gasteiger charge is -2.15. The Morgan fingerprint density at radius 1 is 0.765 bits per heavy atom. The van der Waals surface area contributed by atoms with Gasteiger partial charge in [-0.05, 0) is 44.4 Å². The van der Waals surface area contributed by atoms with Crippen LogP contribution in [-0.2, 0) is 22.7 Å². The summed E-state index contributed by atoms with van der Waals surface area (Å²) in [5.41, 5.74) is 6.64. The minimum Gasteiger partial charge on any atom is -0.492 e. The van der Waals surface area contributed by atoms with E-state index in [0.717, 1.165) is 77.4 Å². The molecule has 6 nitrogen and oxygen atoms in total. The summed E-state index contributed by atoms with van der Waals surface area (Å²) in [7, 11) is 0. The molecule has 0 bridgehead atoms. The number of aryl methyl sites for hydroxylation is 1. The number of aromatic nitrogens is 3. The first kappa shape index (κ1) is 25.8. The van der Waals surface area contributed by atoms with Crippen LogP contribution in [0, 0.1) is 6.92 Å². The molecular formula is C28H37N3O3. The van der Waals surface area contributed by atoms with Crippen LogP contribution in [0.4, 0.5) is 0 Å². The summed E-state index contributed by atoms with van der Waals surface area (Å²) in [4.78, 5) is 14.1. The van der Waals surface area contributed by atoms with Crippen molar-refractivity contribution >= 4 is 0 Å². The molecule has 0 atom stereocenters. The first-order valence-corrected chi connectivity index (χ1v) is 12.4. The summed E-state index contributed by atoms with van der Waals surface area (Å²) in [6.07, 6.45) is 9.53. The van der Waals surface area contributed by atoms with Gasteiger partial charge in [0.15, 0.2) is 0 Å². The average molecular weight is 464 g/mol. The van der Waals surface area contributed by atoms with E-state index in [1.165, 1.54) is 0 Å². The van der Waals surface area contributed by atoms with E-state index in [4.69, 9.17) is 19.2 Å². The van der Waals surface area contributed by atoms with Crippen LogP contribution in [0.3, 0.4) is 0 Å². The molecule has 0 N–H and O–H groups in total. The zero-order chi connectivity index (χ0) is 24.2. The van der Waals surface area contributed by atoms with E-state index in [9.17, 15) is 0 Å². The normalized spacial score (nSPS) is 11.1. The summed E-state index contributed by atoms with van der Waals surface area (Å²) < 4.78 is 17.7. The Balaban J connectivity index is 1.98. The van der Waals surface area contributed by atoms with Crippen LogP contribution in [0.25, 0.3) is 22.5 Å². The number of hydrogen-bond acceptors (Lipinski definition) is 6. The minimum absolute atomic E-state index is 0.471. The van der Waals surface area contributed by atoms with Crippen molar-refractivity contribution in [2.75, 3.05) is 19.8 Å². The second-order valence-corrected chi connectivity index (χ2v) is 8.35. The Bertz CT molecular complexity index is 1040.